The second-order valence-electron chi connectivity index (χ2n) is 7.08. The third kappa shape index (κ3) is 3.28. The fourth-order valence-electron chi connectivity index (χ4n) is 3.17. The summed E-state index contributed by atoms with van der Waals surface area (Å²) in [6.07, 6.45) is 0.777. The summed E-state index contributed by atoms with van der Waals surface area (Å²) in [6.45, 7) is 5.37. The highest BCUT2D eigenvalue weighted by Crippen LogP contribution is 2.35. The van der Waals surface area contributed by atoms with Gasteiger partial charge in [0.25, 0.3) is 5.91 Å². The molecule has 130 valence electrons. The number of likely N-dealkylation sites (tertiary alicyclic amines) is 1. The van der Waals surface area contributed by atoms with E-state index in [1.54, 1.807) is 6.07 Å². The molecule has 7 heteroatoms. The topological polar surface area (TPSA) is 75.9 Å². The highest BCUT2D eigenvalue weighted by Gasteiger charge is 2.36. The van der Waals surface area contributed by atoms with Crippen LogP contribution >= 0.6 is 15.9 Å². The molecule has 6 nitrogen and oxygen atoms in total. The van der Waals surface area contributed by atoms with Gasteiger partial charge >= 0.3 is 0 Å². The summed E-state index contributed by atoms with van der Waals surface area (Å²) in [4.78, 5) is 28.3. The lowest BCUT2D eigenvalue weighted by atomic mass is 9.79. The lowest BCUT2D eigenvalue weighted by Gasteiger charge is -2.43. The number of ether oxygens (including phenoxy) is 1. The predicted molar refractivity (Wildman–Crippen MR) is 94.9 cm³/mol. The fourth-order valence-corrected chi connectivity index (χ4v) is 3.51. The Morgan fingerprint density at radius 3 is 2.92 bits per heavy atom. The van der Waals surface area contributed by atoms with Gasteiger partial charge in [-0.15, -0.1) is 0 Å². The Balaban J connectivity index is 1.76. The van der Waals surface area contributed by atoms with Crippen molar-refractivity contribution >= 4 is 33.4 Å². The minimum Gasteiger partial charge on any atom is -0.482 e. The SMILES string of the molecule is CC1(C)CN(C(=O)CN2C(=O)COc3cc(Br)ccc32)CCC1N. The largest absolute Gasteiger partial charge is 0.482 e. The van der Waals surface area contributed by atoms with Crippen molar-refractivity contribution in [3.63, 3.8) is 0 Å². The molecular formula is C17H22BrN3O3. The maximum atomic E-state index is 12.7. The molecule has 0 radical (unpaired) electrons. The summed E-state index contributed by atoms with van der Waals surface area (Å²) in [5.41, 5.74) is 6.65. The monoisotopic (exact) mass is 395 g/mol. The van der Waals surface area contributed by atoms with Crippen LogP contribution in [-0.2, 0) is 9.59 Å². The van der Waals surface area contributed by atoms with Gasteiger partial charge in [0, 0.05) is 23.6 Å². The average molecular weight is 396 g/mol. The first kappa shape index (κ1) is 17.2. The molecule has 3 rings (SSSR count). The Morgan fingerprint density at radius 1 is 1.46 bits per heavy atom. The third-order valence-electron chi connectivity index (χ3n) is 4.82. The molecule has 2 N–H and O–H groups in total. The van der Waals surface area contributed by atoms with Crippen LogP contribution in [0.3, 0.4) is 0 Å². The number of carbonyl (C=O) groups is 2. The standard InChI is InChI=1S/C17H22BrN3O3/c1-17(2)10-20(6-5-14(17)19)15(22)8-21-12-4-3-11(18)7-13(12)24-9-16(21)23/h3-4,7,14H,5-6,8-10,19H2,1-2H3. The lowest BCUT2D eigenvalue weighted by molar-refractivity contribution is -0.134. The fraction of sp³-hybridized carbons (Fsp3) is 0.529. The maximum Gasteiger partial charge on any atom is 0.265 e. The number of piperidine rings is 1. The molecule has 2 heterocycles. The summed E-state index contributed by atoms with van der Waals surface area (Å²) in [5, 5.41) is 0. The van der Waals surface area contributed by atoms with Crippen molar-refractivity contribution in [1.29, 1.82) is 0 Å². The van der Waals surface area contributed by atoms with Crippen LogP contribution in [0, 0.1) is 5.41 Å². The van der Waals surface area contributed by atoms with Crippen LogP contribution in [0.15, 0.2) is 22.7 Å². The van der Waals surface area contributed by atoms with Crippen molar-refractivity contribution in [2.24, 2.45) is 11.1 Å². The Labute approximate surface area is 150 Å². The van der Waals surface area contributed by atoms with Gasteiger partial charge in [-0.25, -0.2) is 0 Å². The van der Waals surface area contributed by atoms with E-state index in [2.05, 4.69) is 29.8 Å². The molecule has 24 heavy (non-hydrogen) atoms. The molecule has 1 atom stereocenters. The van der Waals surface area contributed by atoms with Crippen LogP contribution in [0.1, 0.15) is 20.3 Å². The third-order valence-corrected chi connectivity index (χ3v) is 5.32. The summed E-state index contributed by atoms with van der Waals surface area (Å²) in [6, 6.07) is 5.52. The predicted octanol–water partition coefficient (Wildman–Crippen LogP) is 1.76. The van der Waals surface area contributed by atoms with E-state index in [-0.39, 0.29) is 36.4 Å². The minimum absolute atomic E-state index is 0.0299. The second-order valence-corrected chi connectivity index (χ2v) is 8.00. The van der Waals surface area contributed by atoms with Crippen LogP contribution in [0.5, 0.6) is 5.75 Å². The van der Waals surface area contributed by atoms with Gasteiger partial charge in [-0.1, -0.05) is 29.8 Å². The van der Waals surface area contributed by atoms with Crippen LogP contribution in [0.2, 0.25) is 0 Å². The number of nitrogens with zero attached hydrogens (tertiary/aromatic N) is 2. The van der Waals surface area contributed by atoms with E-state index in [0.29, 0.717) is 24.5 Å². The first-order valence-corrected chi connectivity index (χ1v) is 8.83. The molecule has 0 spiro atoms. The number of carbonyl (C=O) groups excluding carboxylic acids is 2. The zero-order valence-corrected chi connectivity index (χ0v) is 15.5. The molecule has 0 aromatic heterocycles. The van der Waals surface area contributed by atoms with E-state index in [0.717, 1.165) is 10.9 Å². The molecular weight excluding hydrogens is 374 g/mol. The molecule has 2 aliphatic rings. The van der Waals surface area contributed by atoms with E-state index >= 15 is 0 Å². The van der Waals surface area contributed by atoms with E-state index in [9.17, 15) is 9.59 Å². The summed E-state index contributed by atoms with van der Waals surface area (Å²) < 4.78 is 6.33. The molecule has 0 aliphatic carbocycles. The number of nitrogens with two attached hydrogens (primary N) is 1. The number of halogens is 1. The highest BCUT2D eigenvalue weighted by molar-refractivity contribution is 9.10. The van der Waals surface area contributed by atoms with Crippen molar-refractivity contribution in [2.45, 2.75) is 26.3 Å². The number of benzene rings is 1. The molecule has 1 fully saturated rings. The molecule has 0 bridgehead atoms. The zero-order chi connectivity index (χ0) is 17.5. The molecule has 1 saturated heterocycles. The lowest BCUT2D eigenvalue weighted by Crippen LogP contribution is -2.56. The van der Waals surface area contributed by atoms with Crippen molar-refractivity contribution in [3.8, 4) is 5.75 Å². The minimum atomic E-state index is -0.203. The molecule has 1 aromatic carbocycles. The van der Waals surface area contributed by atoms with Crippen LogP contribution in [-0.4, -0.2) is 49.0 Å². The maximum absolute atomic E-state index is 12.7. The van der Waals surface area contributed by atoms with E-state index in [1.807, 2.05) is 17.0 Å². The summed E-state index contributed by atoms with van der Waals surface area (Å²) in [5.74, 6) is 0.350. The quantitative estimate of drug-likeness (QED) is 0.827. The summed E-state index contributed by atoms with van der Waals surface area (Å²) >= 11 is 3.39. The number of rotatable bonds is 2. The van der Waals surface area contributed by atoms with Gasteiger partial charge in [0.05, 0.1) is 5.69 Å². The number of amides is 2. The van der Waals surface area contributed by atoms with Gasteiger partial charge in [0.1, 0.15) is 12.3 Å². The van der Waals surface area contributed by atoms with E-state index in [4.69, 9.17) is 10.5 Å². The Morgan fingerprint density at radius 2 is 2.21 bits per heavy atom. The first-order chi connectivity index (χ1) is 11.3. The Kier molecular flexibility index (Phi) is 4.57. The number of hydrogen-bond donors (Lipinski definition) is 1. The van der Waals surface area contributed by atoms with Crippen molar-refractivity contribution in [1.82, 2.24) is 4.90 Å². The van der Waals surface area contributed by atoms with Crippen molar-refractivity contribution in [2.75, 3.05) is 31.1 Å². The van der Waals surface area contributed by atoms with Crippen molar-refractivity contribution < 1.29 is 14.3 Å². The number of hydrogen-bond acceptors (Lipinski definition) is 4. The second kappa shape index (κ2) is 6.37. The highest BCUT2D eigenvalue weighted by atomic mass is 79.9. The van der Waals surface area contributed by atoms with Crippen LogP contribution in [0.4, 0.5) is 5.69 Å². The number of anilines is 1. The van der Waals surface area contributed by atoms with Crippen molar-refractivity contribution in [3.05, 3.63) is 22.7 Å². The van der Waals surface area contributed by atoms with Gasteiger partial charge in [-0.3, -0.25) is 14.5 Å². The van der Waals surface area contributed by atoms with E-state index < -0.39 is 0 Å². The van der Waals surface area contributed by atoms with Gasteiger partial charge < -0.3 is 15.4 Å². The van der Waals surface area contributed by atoms with Crippen LogP contribution < -0.4 is 15.4 Å². The smallest absolute Gasteiger partial charge is 0.265 e. The molecule has 1 aromatic rings. The van der Waals surface area contributed by atoms with Gasteiger partial charge in [0.15, 0.2) is 6.61 Å². The van der Waals surface area contributed by atoms with Gasteiger partial charge in [-0.05, 0) is 30.0 Å². The van der Waals surface area contributed by atoms with E-state index in [1.165, 1.54) is 4.90 Å². The summed E-state index contributed by atoms with van der Waals surface area (Å²) in [7, 11) is 0. The molecule has 0 saturated carbocycles. The number of fused-ring (bicyclic) bond motifs is 1. The normalized spacial score (nSPS) is 22.8. The molecule has 2 aliphatic heterocycles. The first-order valence-electron chi connectivity index (χ1n) is 8.04. The molecule has 1 unspecified atom stereocenters. The average Bonchev–Trinajstić information content (AvgIpc) is 2.52. The molecule has 2 amide bonds. The van der Waals surface area contributed by atoms with Crippen LogP contribution in [0.25, 0.3) is 0 Å². The van der Waals surface area contributed by atoms with Gasteiger partial charge in [0.2, 0.25) is 5.91 Å². The zero-order valence-electron chi connectivity index (χ0n) is 13.9. The Bertz CT molecular complexity index is 677. The van der Waals surface area contributed by atoms with Gasteiger partial charge in [-0.2, -0.15) is 0 Å². The Hall–Kier alpha value is -1.60.